The average molecular weight is 288 g/mol. The van der Waals surface area contributed by atoms with Gasteiger partial charge >= 0.3 is 0 Å². The monoisotopic (exact) mass is 287 g/mol. The first-order chi connectivity index (χ1) is 7.78. The summed E-state index contributed by atoms with van der Waals surface area (Å²) in [6, 6.07) is 0. The maximum atomic E-state index is 12.7. The summed E-state index contributed by atoms with van der Waals surface area (Å²) in [5, 5.41) is 2.08. The number of nitrogens with zero attached hydrogens (tertiary/aromatic N) is 1. The number of nitrogens with one attached hydrogen (secondary N) is 1. The maximum absolute atomic E-state index is 12.7. The van der Waals surface area contributed by atoms with E-state index in [1.54, 1.807) is 14.1 Å². The molecule has 18 heavy (non-hydrogen) atoms. The van der Waals surface area contributed by atoms with Gasteiger partial charge in [0.1, 0.15) is 0 Å². The van der Waals surface area contributed by atoms with Gasteiger partial charge in [-0.1, -0.05) is 0 Å². The van der Waals surface area contributed by atoms with Crippen LogP contribution in [0, 0.1) is 0 Å². The van der Waals surface area contributed by atoms with Crippen LogP contribution >= 0.6 is 12.4 Å². The molecule has 0 radical (unpaired) electrons. The number of carbonyl (C=O) groups is 2. The molecule has 0 aromatic carbocycles. The zero-order chi connectivity index (χ0) is 13.5. The van der Waals surface area contributed by atoms with Gasteiger partial charge in [-0.2, -0.15) is 0 Å². The van der Waals surface area contributed by atoms with Crippen molar-refractivity contribution >= 4 is 24.2 Å². The van der Waals surface area contributed by atoms with E-state index in [0.717, 1.165) is 0 Å². The van der Waals surface area contributed by atoms with E-state index in [-0.39, 0.29) is 31.2 Å². The Hall–Kier alpha value is -0.950. The van der Waals surface area contributed by atoms with E-state index >= 15 is 0 Å². The Morgan fingerprint density at radius 3 is 2.28 bits per heavy atom. The van der Waals surface area contributed by atoms with Crippen LogP contribution in [0.4, 0.5) is 8.78 Å². The second kappa shape index (κ2) is 9.04. The molecule has 5 nitrogen and oxygen atoms in total. The Labute approximate surface area is 111 Å². The number of nitrogens with two attached hydrogens (primary N) is 1. The van der Waals surface area contributed by atoms with Crippen LogP contribution in [-0.2, 0) is 9.59 Å². The Kier molecular flexibility index (Phi) is 9.74. The summed E-state index contributed by atoms with van der Waals surface area (Å²) in [6.07, 6.45) is 0.630. The molecule has 0 bridgehead atoms. The van der Waals surface area contributed by atoms with Gasteiger partial charge in [-0.25, -0.2) is 8.78 Å². The fraction of sp³-hybridized carbons (Fsp3) is 0.800. The summed E-state index contributed by atoms with van der Waals surface area (Å²) >= 11 is 0. The molecule has 3 N–H and O–H groups in total. The Balaban J connectivity index is 0. The maximum Gasteiger partial charge on any atom is 0.277 e. The van der Waals surface area contributed by atoms with Gasteiger partial charge in [-0.15, -0.1) is 12.4 Å². The number of carbonyl (C=O) groups excluding carboxylic acids is 2. The predicted octanol–water partition coefficient (Wildman–Crippen LogP) is 0.377. The van der Waals surface area contributed by atoms with Crippen molar-refractivity contribution in [1.82, 2.24) is 10.2 Å². The van der Waals surface area contributed by atoms with Gasteiger partial charge in [0.25, 0.3) is 5.92 Å². The Morgan fingerprint density at radius 2 is 1.83 bits per heavy atom. The summed E-state index contributed by atoms with van der Waals surface area (Å²) in [5.41, 5.74) is 4.81. The molecule has 0 atom stereocenters. The summed E-state index contributed by atoms with van der Waals surface area (Å²) in [5.74, 6) is -3.66. The average Bonchev–Trinajstić information content (AvgIpc) is 2.26. The molecule has 0 fully saturated rings. The third kappa shape index (κ3) is 9.12. The number of hydrogen-bond acceptors (Lipinski definition) is 3. The fourth-order valence-corrected chi connectivity index (χ4v) is 1.01. The van der Waals surface area contributed by atoms with Crippen LogP contribution in [-0.4, -0.2) is 49.8 Å². The van der Waals surface area contributed by atoms with E-state index in [2.05, 4.69) is 5.32 Å². The first-order valence-corrected chi connectivity index (χ1v) is 5.33. The van der Waals surface area contributed by atoms with E-state index in [4.69, 9.17) is 5.73 Å². The molecule has 0 saturated carbocycles. The lowest BCUT2D eigenvalue weighted by molar-refractivity contribution is -0.129. The van der Waals surface area contributed by atoms with Gasteiger partial charge in [0.05, 0.1) is 13.1 Å². The zero-order valence-corrected chi connectivity index (χ0v) is 11.4. The van der Waals surface area contributed by atoms with E-state index < -0.39 is 24.9 Å². The molecular formula is C10H20ClF2N3O2. The highest BCUT2D eigenvalue weighted by atomic mass is 35.5. The van der Waals surface area contributed by atoms with E-state index in [1.807, 2.05) is 0 Å². The van der Waals surface area contributed by atoms with E-state index in [9.17, 15) is 18.4 Å². The molecule has 0 heterocycles. The number of rotatable bonds is 7. The minimum Gasteiger partial charge on any atom is -0.350 e. The molecule has 0 aliphatic carbocycles. The largest absolute Gasteiger partial charge is 0.350 e. The highest BCUT2D eigenvalue weighted by Gasteiger charge is 2.26. The number of amides is 2. The summed E-state index contributed by atoms with van der Waals surface area (Å²) in [7, 11) is 3.23. The summed E-state index contributed by atoms with van der Waals surface area (Å²) in [6.45, 7) is -1.56. The molecule has 8 heteroatoms. The van der Waals surface area contributed by atoms with Crippen molar-refractivity contribution in [2.75, 3.05) is 27.2 Å². The first kappa shape index (κ1) is 19.4. The number of alkyl halides is 2. The molecule has 0 saturated heterocycles. The molecule has 0 spiro atoms. The van der Waals surface area contributed by atoms with Crippen molar-refractivity contribution in [3.63, 3.8) is 0 Å². The number of hydrogen-bond donors (Lipinski definition) is 2. The lowest BCUT2D eigenvalue weighted by Crippen LogP contribution is -2.41. The molecular weight excluding hydrogens is 268 g/mol. The molecule has 0 aromatic heterocycles. The predicted molar refractivity (Wildman–Crippen MR) is 66.8 cm³/mol. The van der Waals surface area contributed by atoms with Gasteiger partial charge in [-0.05, 0) is 6.42 Å². The Bertz CT molecular complexity index is 276. The lowest BCUT2D eigenvalue weighted by atomic mass is 10.2. The summed E-state index contributed by atoms with van der Waals surface area (Å²) in [4.78, 5) is 23.7. The van der Waals surface area contributed by atoms with Crippen molar-refractivity contribution in [2.45, 2.75) is 25.2 Å². The van der Waals surface area contributed by atoms with E-state index in [0.29, 0.717) is 6.42 Å². The van der Waals surface area contributed by atoms with Gasteiger partial charge < -0.3 is 16.0 Å². The van der Waals surface area contributed by atoms with Crippen molar-refractivity contribution in [3.8, 4) is 0 Å². The molecule has 2 amide bonds. The lowest BCUT2D eigenvalue weighted by Gasteiger charge is -2.14. The summed E-state index contributed by atoms with van der Waals surface area (Å²) < 4.78 is 25.3. The molecule has 0 unspecified atom stereocenters. The van der Waals surface area contributed by atoms with Crippen LogP contribution in [0.3, 0.4) is 0 Å². The third-order valence-corrected chi connectivity index (χ3v) is 2.14. The van der Waals surface area contributed by atoms with E-state index in [1.165, 1.54) is 4.90 Å². The van der Waals surface area contributed by atoms with Crippen LogP contribution in [0.15, 0.2) is 0 Å². The van der Waals surface area contributed by atoms with Crippen molar-refractivity contribution in [3.05, 3.63) is 0 Å². The van der Waals surface area contributed by atoms with Crippen molar-refractivity contribution < 1.29 is 18.4 Å². The van der Waals surface area contributed by atoms with Crippen LogP contribution in [0.1, 0.15) is 19.3 Å². The van der Waals surface area contributed by atoms with Crippen LogP contribution in [0.2, 0.25) is 0 Å². The fourth-order valence-electron chi connectivity index (χ4n) is 1.01. The third-order valence-electron chi connectivity index (χ3n) is 2.14. The van der Waals surface area contributed by atoms with Crippen LogP contribution < -0.4 is 11.1 Å². The molecule has 0 aromatic rings. The SMILES string of the molecule is CN(C)C(=O)CCCC(=O)NCC(F)(F)CN.Cl. The second-order valence-electron chi connectivity index (χ2n) is 3.98. The van der Waals surface area contributed by atoms with Crippen LogP contribution in [0.25, 0.3) is 0 Å². The van der Waals surface area contributed by atoms with Crippen LogP contribution in [0.5, 0.6) is 0 Å². The minimum absolute atomic E-state index is 0. The van der Waals surface area contributed by atoms with Gasteiger partial charge in [0.2, 0.25) is 11.8 Å². The highest BCUT2D eigenvalue weighted by molar-refractivity contribution is 5.85. The molecule has 0 aliphatic heterocycles. The van der Waals surface area contributed by atoms with Gasteiger partial charge in [0, 0.05) is 26.9 Å². The van der Waals surface area contributed by atoms with Crippen molar-refractivity contribution in [1.29, 1.82) is 0 Å². The first-order valence-electron chi connectivity index (χ1n) is 5.33. The van der Waals surface area contributed by atoms with Crippen molar-refractivity contribution in [2.24, 2.45) is 5.73 Å². The minimum atomic E-state index is -3.07. The standard InChI is InChI=1S/C10H19F2N3O2.ClH/c1-15(2)9(17)5-3-4-8(16)14-7-10(11,12)6-13;/h3-7,13H2,1-2H3,(H,14,16);1H. The highest BCUT2D eigenvalue weighted by Crippen LogP contribution is 2.08. The topological polar surface area (TPSA) is 75.4 Å². The quantitative estimate of drug-likeness (QED) is 0.711. The Morgan fingerprint density at radius 1 is 1.28 bits per heavy atom. The normalized spacial score (nSPS) is 10.5. The molecule has 0 aliphatic rings. The van der Waals surface area contributed by atoms with Gasteiger partial charge in [0.15, 0.2) is 0 Å². The molecule has 108 valence electrons. The second-order valence-corrected chi connectivity index (χ2v) is 3.98. The zero-order valence-electron chi connectivity index (χ0n) is 10.5. The van der Waals surface area contributed by atoms with Gasteiger partial charge in [-0.3, -0.25) is 9.59 Å². The smallest absolute Gasteiger partial charge is 0.277 e. The number of halogens is 3. The molecule has 0 rings (SSSR count).